The molecular formula is C18H23N3O4. The number of nitrogens with zero attached hydrogens (tertiary/aromatic N) is 2. The molecule has 1 unspecified atom stereocenters. The Bertz CT molecular complexity index is 684. The zero-order valence-corrected chi connectivity index (χ0v) is 14.4. The maximum atomic E-state index is 12.1. The van der Waals surface area contributed by atoms with E-state index in [-0.39, 0.29) is 12.0 Å². The van der Waals surface area contributed by atoms with Crippen LogP contribution < -0.4 is 10.1 Å². The number of nitrogens with one attached hydrogen (secondary N) is 1. The Morgan fingerprint density at radius 1 is 1.36 bits per heavy atom. The van der Waals surface area contributed by atoms with Crippen LogP contribution in [0, 0.1) is 0 Å². The Labute approximate surface area is 146 Å². The van der Waals surface area contributed by atoms with Gasteiger partial charge in [0, 0.05) is 12.1 Å². The minimum absolute atomic E-state index is 0.00707. The van der Waals surface area contributed by atoms with Crippen molar-refractivity contribution in [3.63, 3.8) is 0 Å². The topological polar surface area (TPSA) is 89.8 Å². The van der Waals surface area contributed by atoms with Gasteiger partial charge < -0.3 is 19.2 Å². The first-order valence-electron chi connectivity index (χ1n) is 8.71. The number of anilines is 1. The molecule has 1 amide bonds. The molecule has 1 aliphatic rings. The summed E-state index contributed by atoms with van der Waals surface area (Å²) < 4.78 is 16.2. The second-order valence-electron chi connectivity index (χ2n) is 6.08. The summed E-state index contributed by atoms with van der Waals surface area (Å²) in [6.07, 6.45) is 6.23. The molecule has 1 aliphatic heterocycles. The molecule has 1 N–H and O–H groups in total. The van der Waals surface area contributed by atoms with E-state index in [1.807, 2.05) is 6.07 Å². The van der Waals surface area contributed by atoms with Gasteiger partial charge in [-0.25, -0.2) is 0 Å². The van der Waals surface area contributed by atoms with Gasteiger partial charge in [-0.1, -0.05) is 26.2 Å². The Hall–Kier alpha value is -2.41. The van der Waals surface area contributed by atoms with E-state index < -0.39 is 0 Å². The standard InChI is InChI=1S/C18H23N3O4/c1-2-3-4-5-6-17(22)20-13-7-8-16(24-11-14-10-23-14)15(9-13)18-21-19-12-25-18/h7-9,12,14H,2-6,10-11H2,1H3,(H,20,22). The van der Waals surface area contributed by atoms with Gasteiger partial charge in [0.15, 0.2) is 0 Å². The molecule has 0 saturated carbocycles. The molecule has 0 radical (unpaired) electrons. The summed E-state index contributed by atoms with van der Waals surface area (Å²) in [7, 11) is 0. The summed E-state index contributed by atoms with van der Waals surface area (Å²) in [6.45, 7) is 3.35. The second kappa shape index (κ2) is 8.62. The van der Waals surface area contributed by atoms with Crippen LogP contribution in [0.4, 0.5) is 5.69 Å². The SMILES string of the molecule is CCCCCCC(=O)Nc1ccc(OCC2CO2)c(-c2nnco2)c1. The van der Waals surface area contributed by atoms with Gasteiger partial charge >= 0.3 is 0 Å². The van der Waals surface area contributed by atoms with Gasteiger partial charge in [-0.05, 0) is 24.6 Å². The molecule has 3 rings (SSSR count). The number of rotatable bonds is 10. The molecule has 1 saturated heterocycles. The van der Waals surface area contributed by atoms with Crippen LogP contribution in [0.25, 0.3) is 11.5 Å². The third-order valence-corrected chi connectivity index (χ3v) is 3.94. The van der Waals surface area contributed by atoms with E-state index in [2.05, 4.69) is 22.4 Å². The lowest BCUT2D eigenvalue weighted by Gasteiger charge is -2.11. The molecule has 2 aromatic rings. The first-order valence-corrected chi connectivity index (χ1v) is 8.71. The predicted octanol–water partition coefficient (Wildman–Crippen LogP) is 3.42. The van der Waals surface area contributed by atoms with Gasteiger partial charge in [0.05, 0.1) is 12.2 Å². The first-order chi connectivity index (χ1) is 12.3. The number of amides is 1. The second-order valence-corrected chi connectivity index (χ2v) is 6.08. The number of carbonyl (C=O) groups excluding carboxylic acids is 1. The van der Waals surface area contributed by atoms with Crippen molar-refractivity contribution in [1.82, 2.24) is 10.2 Å². The van der Waals surface area contributed by atoms with Crippen LogP contribution >= 0.6 is 0 Å². The molecule has 1 atom stereocenters. The molecule has 1 fully saturated rings. The summed E-state index contributed by atoms with van der Waals surface area (Å²) in [4.78, 5) is 12.1. The summed E-state index contributed by atoms with van der Waals surface area (Å²) in [5.41, 5.74) is 1.34. The Kier molecular flexibility index (Phi) is 6.00. The Morgan fingerprint density at radius 2 is 2.24 bits per heavy atom. The van der Waals surface area contributed by atoms with E-state index >= 15 is 0 Å². The molecule has 0 bridgehead atoms. The maximum absolute atomic E-state index is 12.1. The van der Waals surface area contributed by atoms with Crippen molar-refractivity contribution >= 4 is 11.6 Å². The third kappa shape index (κ3) is 5.29. The number of unbranched alkanes of at least 4 members (excludes halogenated alkanes) is 3. The van der Waals surface area contributed by atoms with Crippen LogP contribution in [0.1, 0.15) is 39.0 Å². The zero-order valence-electron chi connectivity index (χ0n) is 14.4. The largest absolute Gasteiger partial charge is 0.490 e. The Morgan fingerprint density at radius 3 is 2.96 bits per heavy atom. The fraction of sp³-hybridized carbons (Fsp3) is 0.500. The van der Waals surface area contributed by atoms with Gasteiger partial charge in [-0.2, -0.15) is 0 Å². The van der Waals surface area contributed by atoms with Gasteiger partial charge in [0.25, 0.3) is 5.89 Å². The van der Waals surface area contributed by atoms with Crippen LogP contribution in [0.15, 0.2) is 29.0 Å². The highest BCUT2D eigenvalue weighted by molar-refractivity contribution is 5.91. The van der Waals surface area contributed by atoms with Gasteiger partial charge in [0.1, 0.15) is 18.5 Å². The average molecular weight is 345 g/mol. The van der Waals surface area contributed by atoms with Crippen LogP contribution in [-0.2, 0) is 9.53 Å². The van der Waals surface area contributed by atoms with E-state index in [0.717, 1.165) is 32.3 Å². The van der Waals surface area contributed by atoms with Crippen LogP contribution in [0.2, 0.25) is 0 Å². The van der Waals surface area contributed by atoms with Crippen molar-refractivity contribution in [2.45, 2.75) is 45.1 Å². The van der Waals surface area contributed by atoms with Gasteiger partial charge in [-0.3, -0.25) is 4.79 Å². The van der Waals surface area contributed by atoms with Crippen molar-refractivity contribution in [3.8, 4) is 17.2 Å². The average Bonchev–Trinajstić information content (AvgIpc) is 3.28. The smallest absolute Gasteiger partial charge is 0.251 e. The molecule has 1 aromatic carbocycles. The first kappa shape index (κ1) is 17.4. The quantitative estimate of drug-likeness (QED) is 0.524. The number of aromatic nitrogens is 2. The van der Waals surface area contributed by atoms with E-state index in [0.29, 0.717) is 35.9 Å². The van der Waals surface area contributed by atoms with E-state index in [9.17, 15) is 4.79 Å². The third-order valence-electron chi connectivity index (χ3n) is 3.94. The molecule has 7 heteroatoms. The minimum Gasteiger partial charge on any atom is -0.490 e. The zero-order chi connectivity index (χ0) is 17.5. The summed E-state index contributed by atoms with van der Waals surface area (Å²) in [5, 5.41) is 10.6. The fourth-order valence-corrected chi connectivity index (χ4v) is 2.47. The summed E-state index contributed by atoms with van der Waals surface area (Å²) in [6, 6.07) is 5.40. The number of hydrogen-bond acceptors (Lipinski definition) is 6. The van der Waals surface area contributed by atoms with Crippen LogP contribution in [0.5, 0.6) is 5.75 Å². The molecule has 7 nitrogen and oxygen atoms in total. The lowest BCUT2D eigenvalue weighted by Crippen LogP contribution is -2.11. The lowest BCUT2D eigenvalue weighted by atomic mass is 10.1. The molecule has 25 heavy (non-hydrogen) atoms. The molecule has 0 aliphatic carbocycles. The Balaban J connectivity index is 1.65. The highest BCUT2D eigenvalue weighted by Gasteiger charge is 2.24. The van der Waals surface area contributed by atoms with E-state index in [1.165, 1.54) is 6.39 Å². The molecule has 1 aromatic heterocycles. The van der Waals surface area contributed by atoms with Crippen LogP contribution in [0.3, 0.4) is 0 Å². The molecular weight excluding hydrogens is 322 g/mol. The lowest BCUT2D eigenvalue weighted by molar-refractivity contribution is -0.116. The highest BCUT2D eigenvalue weighted by Crippen LogP contribution is 2.32. The van der Waals surface area contributed by atoms with Crippen molar-refractivity contribution in [3.05, 3.63) is 24.6 Å². The minimum atomic E-state index is 0.00707. The number of epoxide rings is 1. The monoisotopic (exact) mass is 345 g/mol. The number of ether oxygens (including phenoxy) is 2. The maximum Gasteiger partial charge on any atom is 0.251 e. The number of benzene rings is 1. The summed E-state index contributed by atoms with van der Waals surface area (Å²) in [5.74, 6) is 0.985. The highest BCUT2D eigenvalue weighted by atomic mass is 16.6. The van der Waals surface area contributed by atoms with Crippen molar-refractivity contribution in [2.75, 3.05) is 18.5 Å². The predicted molar refractivity (Wildman–Crippen MR) is 92.4 cm³/mol. The molecule has 2 heterocycles. The normalized spacial score (nSPS) is 15.8. The van der Waals surface area contributed by atoms with Crippen molar-refractivity contribution in [1.29, 1.82) is 0 Å². The summed E-state index contributed by atoms with van der Waals surface area (Å²) >= 11 is 0. The van der Waals surface area contributed by atoms with Crippen molar-refractivity contribution in [2.24, 2.45) is 0 Å². The molecule has 0 spiro atoms. The molecule has 134 valence electrons. The van der Waals surface area contributed by atoms with Gasteiger partial charge in [0.2, 0.25) is 12.3 Å². The number of hydrogen-bond donors (Lipinski definition) is 1. The van der Waals surface area contributed by atoms with E-state index in [4.69, 9.17) is 13.9 Å². The van der Waals surface area contributed by atoms with Crippen molar-refractivity contribution < 1.29 is 18.7 Å². The van der Waals surface area contributed by atoms with Crippen LogP contribution in [-0.4, -0.2) is 35.4 Å². The van der Waals surface area contributed by atoms with Gasteiger partial charge in [-0.15, -0.1) is 10.2 Å². The fourth-order valence-electron chi connectivity index (χ4n) is 2.47. The van der Waals surface area contributed by atoms with E-state index in [1.54, 1.807) is 12.1 Å². The number of carbonyl (C=O) groups is 1.